The van der Waals surface area contributed by atoms with Crippen LogP contribution >= 0.6 is 11.6 Å². The van der Waals surface area contributed by atoms with Gasteiger partial charge in [-0.15, -0.1) is 0 Å². The van der Waals surface area contributed by atoms with Gasteiger partial charge >= 0.3 is 5.97 Å². The lowest BCUT2D eigenvalue weighted by Gasteiger charge is -2.30. The van der Waals surface area contributed by atoms with E-state index in [2.05, 4.69) is 0 Å². The van der Waals surface area contributed by atoms with Gasteiger partial charge in [0.05, 0.1) is 22.4 Å². The third kappa shape index (κ3) is 4.48. The maximum Gasteiger partial charge on any atom is 0.314 e. The Hall–Kier alpha value is -2.40. The van der Waals surface area contributed by atoms with E-state index in [-0.39, 0.29) is 29.9 Å². The van der Waals surface area contributed by atoms with Crippen molar-refractivity contribution in [1.29, 1.82) is 5.26 Å². The number of halogens is 1. The van der Waals surface area contributed by atoms with Gasteiger partial charge in [-0.1, -0.05) is 11.6 Å². The standard InChI is InChI=1S/C19H17ClN2O4S/c20-16-3-7-18(8-4-16)27(24,25)22-11-9-15(10-12-22)19(23)26-17-5-1-14(13-21)2-6-17/h1-8,15H,9-12H2. The average Bonchev–Trinajstić information content (AvgIpc) is 2.69. The van der Waals surface area contributed by atoms with Gasteiger partial charge in [0.25, 0.3) is 0 Å². The van der Waals surface area contributed by atoms with E-state index in [0.717, 1.165) is 0 Å². The summed E-state index contributed by atoms with van der Waals surface area (Å²) in [7, 11) is -3.60. The minimum atomic E-state index is -3.60. The Morgan fingerprint density at radius 2 is 1.67 bits per heavy atom. The molecule has 6 nitrogen and oxygen atoms in total. The highest BCUT2D eigenvalue weighted by molar-refractivity contribution is 7.89. The van der Waals surface area contributed by atoms with Crippen LogP contribution in [0.1, 0.15) is 18.4 Å². The summed E-state index contributed by atoms with van der Waals surface area (Å²) in [6.07, 6.45) is 0.782. The maximum absolute atomic E-state index is 12.7. The lowest BCUT2D eigenvalue weighted by atomic mass is 9.98. The number of hydrogen-bond donors (Lipinski definition) is 0. The highest BCUT2D eigenvalue weighted by atomic mass is 35.5. The van der Waals surface area contributed by atoms with Crippen LogP contribution in [0.2, 0.25) is 5.02 Å². The Morgan fingerprint density at radius 1 is 1.07 bits per heavy atom. The van der Waals surface area contributed by atoms with Crippen LogP contribution in [0, 0.1) is 17.2 Å². The minimum Gasteiger partial charge on any atom is -0.426 e. The van der Waals surface area contributed by atoms with Crippen molar-refractivity contribution in [1.82, 2.24) is 4.31 Å². The molecule has 0 bridgehead atoms. The quantitative estimate of drug-likeness (QED) is 0.576. The second-order valence-corrected chi connectivity index (χ2v) is 8.56. The van der Waals surface area contributed by atoms with Crippen molar-refractivity contribution in [3.63, 3.8) is 0 Å². The van der Waals surface area contributed by atoms with Crippen LogP contribution in [0.4, 0.5) is 0 Å². The zero-order chi connectivity index (χ0) is 19.4. The highest BCUT2D eigenvalue weighted by Gasteiger charge is 2.33. The Morgan fingerprint density at radius 3 is 2.22 bits per heavy atom. The molecule has 0 unspecified atom stereocenters. The van der Waals surface area contributed by atoms with Gasteiger partial charge < -0.3 is 4.74 Å². The predicted octanol–water partition coefficient (Wildman–Crippen LogP) is 3.22. The smallest absolute Gasteiger partial charge is 0.314 e. The normalized spacial score (nSPS) is 15.9. The highest BCUT2D eigenvalue weighted by Crippen LogP contribution is 2.26. The Balaban J connectivity index is 1.60. The fourth-order valence-corrected chi connectivity index (χ4v) is 4.48. The third-order valence-electron chi connectivity index (χ3n) is 4.44. The average molecular weight is 405 g/mol. The zero-order valence-corrected chi connectivity index (χ0v) is 15.9. The lowest BCUT2D eigenvalue weighted by Crippen LogP contribution is -2.41. The van der Waals surface area contributed by atoms with E-state index >= 15 is 0 Å². The van der Waals surface area contributed by atoms with Crippen LogP contribution in [0.5, 0.6) is 5.75 Å². The number of rotatable bonds is 4. The first-order chi connectivity index (χ1) is 12.9. The fraction of sp³-hybridized carbons (Fsp3) is 0.263. The van der Waals surface area contributed by atoms with Gasteiger partial charge in [-0.25, -0.2) is 8.42 Å². The summed E-state index contributed by atoms with van der Waals surface area (Å²) in [5, 5.41) is 9.25. The van der Waals surface area contributed by atoms with Crippen LogP contribution in [-0.4, -0.2) is 31.8 Å². The molecule has 1 saturated heterocycles. The summed E-state index contributed by atoms with van der Waals surface area (Å²) < 4.78 is 32.1. The molecule has 2 aromatic rings. The van der Waals surface area contributed by atoms with Crippen LogP contribution in [0.3, 0.4) is 0 Å². The van der Waals surface area contributed by atoms with E-state index in [4.69, 9.17) is 21.6 Å². The number of ether oxygens (including phenoxy) is 1. The van der Waals surface area contributed by atoms with E-state index in [9.17, 15) is 13.2 Å². The van der Waals surface area contributed by atoms with Gasteiger partial charge in [0.1, 0.15) is 5.75 Å². The molecule has 0 aromatic heterocycles. The second-order valence-electron chi connectivity index (χ2n) is 6.19. The second kappa shape index (κ2) is 8.09. The van der Waals surface area contributed by atoms with Gasteiger partial charge in [-0.2, -0.15) is 9.57 Å². The largest absolute Gasteiger partial charge is 0.426 e. The summed E-state index contributed by atoms with van der Waals surface area (Å²) in [5.74, 6) is -0.379. The molecule has 1 aliphatic heterocycles. The first-order valence-electron chi connectivity index (χ1n) is 8.38. The van der Waals surface area contributed by atoms with Crippen LogP contribution in [-0.2, 0) is 14.8 Å². The van der Waals surface area contributed by atoms with E-state index in [1.54, 1.807) is 24.3 Å². The number of carbonyl (C=O) groups excluding carboxylic acids is 1. The number of piperidine rings is 1. The molecule has 0 amide bonds. The monoisotopic (exact) mass is 404 g/mol. The molecule has 0 saturated carbocycles. The van der Waals surface area contributed by atoms with Crippen molar-refractivity contribution < 1.29 is 17.9 Å². The van der Waals surface area contributed by atoms with Gasteiger partial charge in [0.15, 0.2) is 0 Å². The lowest BCUT2D eigenvalue weighted by molar-refractivity contribution is -0.140. The Labute approximate surface area is 163 Å². The van der Waals surface area contributed by atoms with Crippen molar-refractivity contribution in [3.8, 4) is 11.8 Å². The molecule has 27 heavy (non-hydrogen) atoms. The number of hydrogen-bond acceptors (Lipinski definition) is 5. The number of nitrogens with zero attached hydrogens (tertiary/aromatic N) is 2. The number of sulfonamides is 1. The van der Waals surface area contributed by atoms with Crippen molar-refractivity contribution in [2.24, 2.45) is 5.92 Å². The molecule has 0 spiro atoms. The van der Waals surface area contributed by atoms with Crippen molar-refractivity contribution in [2.45, 2.75) is 17.7 Å². The fourth-order valence-electron chi connectivity index (χ4n) is 2.88. The van der Waals surface area contributed by atoms with Crippen LogP contribution in [0.15, 0.2) is 53.4 Å². The summed E-state index contributed by atoms with van der Waals surface area (Å²) in [6, 6.07) is 14.3. The van der Waals surface area contributed by atoms with E-state index in [1.165, 1.54) is 28.6 Å². The summed E-state index contributed by atoms with van der Waals surface area (Å²) in [5.41, 5.74) is 0.482. The molecular weight excluding hydrogens is 388 g/mol. The molecular formula is C19H17ClN2O4S. The van der Waals surface area contributed by atoms with Crippen molar-refractivity contribution in [2.75, 3.05) is 13.1 Å². The molecule has 0 N–H and O–H groups in total. The summed E-state index contributed by atoms with van der Waals surface area (Å²) in [4.78, 5) is 12.5. The topological polar surface area (TPSA) is 87.5 Å². The Bertz CT molecular complexity index is 958. The molecule has 0 aliphatic carbocycles. The summed E-state index contributed by atoms with van der Waals surface area (Å²) >= 11 is 5.81. The van der Waals surface area contributed by atoms with E-state index < -0.39 is 10.0 Å². The number of esters is 1. The number of carbonyl (C=O) groups is 1. The number of nitriles is 1. The number of benzene rings is 2. The predicted molar refractivity (Wildman–Crippen MR) is 99.7 cm³/mol. The molecule has 2 aromatic carbocycles. The Kier molecular flexibility index (Phi) is 5.80. The molecule has 0 atom stereocenters. The SMILES string of the molecule is N#Cc1ccc(OC(=O)C2CCN(S(=O)(=O)c3ccc(Cl)cc3)CC2)cc1. The van der Waals surface area contributed by atoms with E-state index in [0.29, 0.717) is 29.2 Å². The van der Waals surface area contributed by atoms with Crippen LogP contribution in [0.25, 0.3) is 0 Å². The van der Waals surface area contributed by atoms with E-state index in [1.807, 2.05) is 6.07 Å². The first kappa shape index (κ1) is 19.4. The molecule has 8 heteroatoms. The molecule has 1 fully saturated rings. The van der Waals surface area contributed by atoms with Gasteiger partial charge in [0.2, 0.25) is 10.0 Å². The van der Waals surface area contributed by atoms with Crippen molar-refractivity contribution >= 4 is 27.6 Å². The third-order valence-corrected chi connectivity index (χ3v) is 6.61. The molecule has 3 rings (SSSR count). The van der Waals surface area contributed by atoms with Gasteiger partial charge in [-0.3, -0.25) is 4.79 Å². The van der Waals surface area contributed by atoms with Crippen LogP contribution < -0.4 is 4.74 Å². The molecule has 1 aliphatic rings. The minimum absolute atomic E-state index is 0.186. The summed E-state index contributed by atoms with van der Waals surface area (Å²) in [6.45, 7) is 0.496. The molecule has 0 radical (unpaired) electrons. The molecule has 1 heterocycles. The van der Waals surface area contributed by atoms with Gasteiger partial charge in [0, 0.05) is 18.1 Å². The van der Waals surface area contributed by atoms with Crippen molar-refractivity contribution in [3.05, 3.63) is 59.1 Å². The van der Waals surface area contributed by atoms with Gasteiger partial charge in [-0.05, 0) is 61.4 Å². The first-order valence-corrected chi connectivity index (χ1v) is 10.2. The maximum atomic E-state index is 12.7. The zero-order valence-electron chi connectivity index (χ0n) is 14.3. The molecule has 140 valence electrons.